The lowest BCUT2D eigenvalue weighted by Crippen LogP contribution is -2.71. The zero-order chi connectivity index (χ0) is 29.9. The molecular weight excluding hydrogens is 617 g/mol. The molecule has 41 heavy (non-hydrogen) atoms. The van der Waals surface area contributed by atoms with Crippen LogP contribution in [0.5, 0.6) is 0 Å². The number of oxime groups is 1. The van der Waals surface area contributed by atoms with Crippen molar-refractivity contribution >= 4 is 81.0 Å². The Morgan fingerprint density at radius 1 is 1.37 bits per heavy atom. The van der Waals surface area contributed by atoms with Gasteiger partial charge in [0, 0.05) is 23.0 Å². The molecule has 2 unspecified atom stereocenters. The van der Waals surface area contributed by atoms with E-state index in [4.69, 9.17) is 15.3 Å². The van der Waals surface area contributed by atoms with Gasteiger partial charge < -0.3 is 25.7 Å². The first-order valence-corrected chi connectivity index (χ1v) is 15.7. The monoisotopic (exact) mass is 642 g/mol. The maximum Gasteiger partial charge on any atom is 0.352 e. The smallest absolute Gasteiger partial charge is 0.352 e. The van der Waals surface area contributed by atoms with Crippen LogP contribution in [0.1, 0.15) is 39.9 Å². The number of nitrogen functional groups attached to an aromatic ring is 1. The van der Waals surface area contributed by atoms with Gasteiger partial charge in [0.1, 0.15) is 28.2 Å². The molecule has 3 atom stereocenters. The number of nitrogens with zero attached hydrogens (tertiary/aromatic N) is 6. The number of hydrogen-bond donors (Lipinski definition) is 3. The molecule has 0 aromatic carbocycles. The van der Waals surface area contributed by atoms with Gasteiger partial charge in [-0.3, -0.25) is 14.5 Å². The van der Waals surface area contributed by atoms with Gasteiger partial charge in [-0.05, 0) is 32.8 Å². The molecule has 0 saturated carbocycles. The zero-order valence-corrected chi connectivity index (χ0v) is 25.5. The summed E-state index contributed by atoms with van der Waals surface area (Å²) in [6.45, 7) is 6.79. The van der Waals surface area contributed by atoms with Crippen LogP contribution in [0, 0.1) is 0 Å². The number of aromatic nitrogens is 4. The highest BCUT2D eigenvalue weighted by Crippen LogP contribution is 2.41. The highest BCUT2D eigenvalue weighted by Gasteiger charge is 2.54. The SMILES string of the molecule is CCC(O/N=C(\C(=O)NC1C(=O)N2C(C(=O)O)=C(CSc3nncs3)CS[C@H]12)c1nsc(N)n1)C(=O)OC(C)(C)C. The maximum atomic E-state index is 13.3. The van der Waals surface area contributed by atoms with E-state index in [0.29, 0.717) is 21.4 Å². The lowest BCUT2D eigenvalue weighted by molar-refractivity contribution is -0.169. The Morgan fingerprint density at radius 3 is 2.71 bits per heavy atom. The average molecular weight is 643 g/mol. The highest BCUT2D eigenvalue weighted by molar-refractivity contribution is 8.01. The number of nitrogens with two attached hydrogens (primary N) is 1. The Bertz CT molecular complexity index is 1390. The number of thioether (sulfide) groups is 2. The molecule has 1 fully saturated rings. The second kappa shape index (κ2) is 12.7. The van der Waals surface area contributed by atoms with E-state index in [9.17, 15) is 24.3 Å². The number of rotatable bonds is 11. The van der Waals surface area contributed by atoms with Crippen molar-refractivity contribution in [3.63, 3.8) is 0 Å². The van der Waals surface area contributed by atoms with Crippen LogP contribution in [-0.2, 0) is 28.8 Å². The topological polar surface area (TPSA) is 212 Å². The van der Waals surface area contributed by atoms with Crippen LogP contribution in [0.4, 0.5) is 5.13 Å². The van der Waals surface area contributed by atoms with Crippen LogP contribution >= 0.6 is 46.4 Å². The van der Waals surface area contributed by atoms with Gasteiger partial charge in [-0.1, -0.05) is 35.2 Å². The Balaban J connectivity index is 1.50. The molecule has 4 heterocycles. The van der Waals surface area contributed by atoms with Crippen molar-refractivity contribution in [3.8, 4) is 0 Å². The first-order valence-electron chi connectivity index (χ1n) is 12.1. The van der Waals surface area contributed by atoms with E-state index in [1.165, 1.54) is 39.8 Å². The maximum absolute atomic E-state index is 13.3. The van der Waals surface area contributed by atoms with Gasteiger partial charge in [0.2, 0.25) is 17.6 Å². The number of nitrogens with one attached hydrogen (secondary N) is 1. The normalized spacial score (nSPS) is 19.8. The summed E-state index contributed by atoms with van der Waals surface area (Å²) in [6, 6.07) is -1.05. The Hall–Kier alpha value is -3.29. The molecule has 2 aromatic heterocycles. The van der Waals surface area contributed by atoms with Gasteiger partial charge in [0.25, 0.3) is 11.8 Å². The van der Waals surface area contributed by atoms with Crippen molar-refractivity contribution in [1.82, 2.24) is 29.8 Å². The molecule has 2 aliphatic rings. The zero-order valence-electron chi connectivity index (χ0n) is 22.2. The Kier molecular flexibility index (Phi) is 9.50. The number of ether oxygens (including phenoxy) is 1. The number of carbonyl (C=O) groups is 4. The average Bonchev–Trinajstić information content (AvgIpc) is 3.58. The largest absolute Gasteiger partial charge is 0.477 e. The number of carbonyl (C=O) groups excluding carboxylic acids is 3. The van der Waals surface area contributed by atoms with Crippen LogP contribution < -0.4 is 11.1 Å². The number of amides is 2. The molecule has 220 valence electrons. The standard InChI is InChI=1S/C22H26N8O7S4/c1-5-10(19(35)36-22(2,3)4)37-28-11(14-26-20(23)41-29-14)15(31)25-12-16(32)30-13(18(33)34)9(6-38-17(12)30)7-39-21-27-24-8-40-21/h8,10,12,17H,5-7H2,1-4H3,(H,25,31)(H,33,34)(H2,23,26,29)/b28-11-/t10?,12?,17-/m1/s1. The lowest BCUT2D eigenvalue weighted by atomic mass is 10.0. The van der Waals surface area contributed by atoms with Crippen LogP contribution in [0.15, 0.2) is 26.3 Å². The first-order chi connectivity index (χ1) is 19.4. The molecule has 0 aliphatic carbocycles. The summed E-state index contributed by atoms with van der Waals surface area (Å²) < 4.78 is 10.0. The van der Waals surface area contributed by atoms with E-state index in [1.54, 1.807) is 33.2 Å². The van der Waals surface area contributed by atoms with Crippen molar-refractivity contribution < 1.29 is 33.9 Å². The second-order valence-corrected chi connectivity index (χ2v) is 13.5. The minimum atomic E-state index is -1.24. The van der Waals surface area contributed by atoms with Crippen molar-refractivity contribution in [2.75, 3.05) is 17.2 Å². The number of carboxylic acids is 1. The Morgan fingerprint density at radius 2 is 2.12 bits per heavy atom. The van der Waals surface area contributed by atoms with Crippen molar-refractivity contribution in [2.45, 2.75) is 61.6 Å². The summed E-state index contributed by atoms with van der Waals surface area (Å²) in [4.78, 5) is 61.6. The third-order valence-corrected chi connectivity index (χ3v) is 9.26. The number of aliphatic carboxylic acids is 1. The fourth-order valence-corrected chi connectivity index (χ4v) is 7.07. The summed E-state index contributed by atoms with van der Waals surface area (Å²) in [7, 11) is 0. The quantitative estimate of drug-likeness (QED) is 0.104. The highest BCUT2D eigenvalue weighted by atomic mass is 32.2. The lowest BCUT2D eigenvalue weighted by Gasteiger charge is -2.49. The third-order valence-electron chi connectivity index (χ3n) is 5.43. The molecule has 0 spiro atoms. The number of β-lactam (4-membered cyclic amide) rings is 1. The van der Waals surface area contributed by atoms with Crippen LogP contribution in [0.25, 0.3) is 0 Å². The molecular formula is C22H26N8O7S4. The molecule has 15 nitrogen and oxygen atoms in total. The van der Waals surface area contributed by atoms with Gasteiger partial charge in [0.05, 0.1) is 0 Å². The van der Waals surface area contributed by atoms with E-state index < -0.39 is 52.6 Å². The molecule has 2 aromatic rings. The molecule has 0 radical (unpaired) electrons. The molecule has 4 N–H and O–H groups in total. The van der Waals surface area contributed by atoms with E-state index in [0.717, 1.165) is 11.5 Å². The number of anilines is 1. The molecule has 4 rings (SSSR count). The predicted molar refractivity (Wildman–Crippen MR) is 152 cm³/mol. The summed E-state index contributed by atoms with van der Waals surface area (Å²) in [6.07, 6.45) is -0.930. The van der Waals surface area contributed by atoms with Crippen LogP contribution in [0.3, 0.4) is 0 Å². The summed E-state index contributed by atoms with van der Waals surface area (Å²) in [5, 5.41) is 23.4. The van der Waals surface area contributed by atoms with Crippen molar-refractivity contribution in [2.24, 2.45) is 5.16 Å². The summed E-state index contributed by atoms with van der Waals surface area (Å²) in [5.74, 6) is -2.89. The molecule has 2 aliphatic heterocycles. The van der Waals surface area contributed by atoms with Gasteiger partial charge in [-0.15, -0.1) is 22.0 Å². The van der Waals surface area contributed by atoms with Crippen molar-refractivity contribution in [1.29, 1.82) is 0 Å². The first kappa shape index (κ1) is 30.7. The molecule has 19 heteroatoms. The number of carboxylic acid groups (broad SMARTS) is 1. The third kappa shape index (κ3) is 7.14. The fourth-order valence-electron chi connectivity index (χ4n) is 3.66. The van der Waals surface area contributed by atoms with E-state index in [1.807, 2.05) is 0 Å². The fraction of sp³-hybridized carbons (Fsp3) is 0.500. The minimum Gasteiger partial charge on any atom is -0.477 e. The van der Waals surface area contributed by atoms with E-state index >= 15 is 0 Å². The minimum absolute atomic E-state index is 0.0589. The Labute approximate surface area is 250 Å². The molecule has 1 saturated heterocycles. The summed E-state index contributed by atoms with van der Waals surface area (Å²) >= 11 is 4.79. The van der Waals surface area contributed by atoms with Gasteiger partial charge in [-0.2, -0.15) is 9.36 Å². The predicted octanol–water partition coefficient (Wildman–Crippen LogP) is 1.34. The second-order valence-electron chi connectivity index (χ2n) is 9.54. The van der Waals surface area contributed by atoms with E-state index in [2.05, 4.69) is 30.0 Å². The van der Waals surface area contributed by atoms with Crippen LogP contribution in [0.2, 0.25) is 0 Å². The van der Waals surface area contributed by atoms with Crippen LogP contribution in [-0.4, -0.2) is 93.7 Å². The van der Waals surface area contributed by atoms with E-state index in [-0.39, 0.29) is 23.1 Å². The van der Waals surface area contributed by atoms with Gasteiger partial charge in [-0.25, -0.2) is 9.59 Å². The van der Waals surface area contributed by atoms with Gasteiger partial charge >= 0.3 is 11.9 Å². The summed E-state index contributed by atoms with van der Waals surface area (Å²) in [5.41, 5.74) is 6.53. The number of fused-ring (bicyclic) bond motifs is 1. The molecule has 2 amide bonds. The molecule has 0 bridgehead atoms. The number of hydrogen-bond acceptors (Lipinski definition) is 16. The van der Waals surface area contributed by atoms with Crippen molar-refractivity contribution in [3.05, 3.63) is 22.6 Å². The number of esters is 1. The van der Waals surface area contributed by atoms with Gasteiger partial charge in [0.15, 0.2) is 9.47 Å².